The minimum atomic E-state index is -0.117. The molecule has 0 saturated carbocycles. The minimum absolute atomic E-state index is 0.117. The van der Waals surface area contributed by atoms with E-state index in [9.17, 15) is 4.79 Å². The highest BCUT2D eigenvalue weighted by Crippen LogP contribution is 2.31. The zero-order chi connectivity index (χ0) is 17.2. The lowest BCUT2D eigenvalue weighted by molar-refractivity contribution is 0.104. The van der Waals surface area contributed by atoms with E-state index in [4.69, 9.17) is 5.41 Å². The fourth-order valence-electron chi connectivity index (χ4n) is 2.86. The van der Waals surface area contributed by atoms with Crippen molar-refractivity contribution in [1.29, 1.82) is 5.41 Å². The molecule has 0 saturated heterocycles. The van der Waals surface area contributed by atoms with Crippen molar-refractivity contribution >= 4 is 22.9 Å². The van der Waals surface area contributed by atoms with Gasteiger partial charge in [0.25, 0.3) is 0 Å². The molecule has 0 unspecified atom stereocenters. The highest BCUT2D eigenvalue weighted by atomic mass is 16.1. The number of pyridine rings is 1. The van der Waals surface area contributed by atoms with E-state index in [-0.39, 0.29) is 11.5 Å². The van der Waals surface area contributed by atoms with Crippen LogP contribution in [-0.4, -0.2) is 16.5 Å². The van der Waals surface area contributed by atoms with Crippen LogP contribution >= 0.6 is 0 Å². The molecule has 2 aromatic carbocycles. The molecule has 1 heterocycles. The maximum Gasteiger partial charge on any atom is 0.188 e. The second-order valence-electron chi connectivity index (χ2n) is 5.77. The molecule has 0 spiro atoms. The summed E-state index contributed by atoms with van der Waals surface area (Å²) in [6.45, 7) is 0. The Labute approximate surface area is 145 Å². The van der Waals surface area contributed by atoms with E-state index in [1.807, 2.05) is 60.7 Å². The van der Waals surface area contributed by atoms with Crippen molar-refractivity contribution in [3.63, 3.8) is 0 Å². The van der Waals surface area contributed by atoms with Crippen LogP contribution in [0.2, 0.25) is 0 Å². The van der Waals surface area contributed by atoms with Gasteiger partial charge in [-0.25, -0.2) is 0 Å². The largest absolute Gasteiger partial charge is 0.355 e. The molecule has 120 valence electrons. The van der Waals surface area contributed by atoms with Gasteiger partial charge in [0, 0.05) is 28.7 Å². The van der Waals surface area contributed by atoms with Crippen LogP contribution in [0.15, 0.2) is 79.0 Å². The van der Waals surface area contributed by atoms with E-state index in [0.717, 1.165) is 22.5 Å². The molecule has 4 nitrogen and oxygen atoms in total. The number of carbonyl (C=O) groups excluding carboxylic acids is 1. The summed E-state index contributed by atoms with van der Waals surface area (Å²) in [6, 6.07) is 19.6. The van der Waals surface area contributed by atoms with Gasteiger partial charge in [-0.15, -0.1) is 0 Å². The zero-order valence-electron chi connectivity index (χ0n) is 13.4. The van der Waals surface area contributed by atoms with Crippen LogP contribution < -0.4 is 5.32 Å². The lowest BCUT2D eigenvalue weighted by atomic mass is 9.95. The smallest absolute Gasteiger partial charge is 0.188 e. The van der Waals surface area contributed by atoms with Gasteiger partial charge in [-0.2, -0.15) is 0 Å². The van der Waals surface area contributed by atoms with Crippen molar-refractivity contribution in [3.05, 3.63) is 90.3 Å². The molecule has 1 aliphatic rings. The van der Waals surface area contributed by atoms with Crippen molar-refractivity contribution in [3.8, 4) is 11.1 Å². The average Bonchev–Trinajstić information content (AvgIpc) is 2.66. The summed E-state index contributed by atoms with van der Waals surface area (Å²) >= 11 is 0. The Balaban J connectivity index is 1.78. The van der Waals surface area contributed by atoms with E-state index in [1.165, 1.54) is 12.2 Å². The van der Waals surface area contributed by atoms with Gasteiger partial charge in [0.15, 0.2) is 5.78 Å². The number of ketones is 1. The lowest BCUT2D eigenvalue weighted by Gasteiger charge is -2.15. The van der Waals surface area contributed by atoms with E-state index >= 15 is 0 Å². The fourth-order valence-corrected chi connectivity index (χ4v) is 2.86. The van der Waals surface area contributed by atoms with Gasteiger partial charge in [0.1, 0.15) is 0 Å². The molecule has 1 aliphatic carbocycles. The third-order valence-corrected chi connectivity index (χ3v) is 4.10. The topological polar surface area (TPSA) is 65.8 Å². The highest BCUT2D eigenvalue weighted by Gasteiger charge is 2.19. The Kier molecular flexibility index (Phi) is 3.71. The van der Waals surface area contributed by atoms with E-state index in [2.05, 4.69) is 10.3 Å². The van der Waals surface area contributed by atoms with E-state index in [0.29, 0.717) is 11.3 Å². The summed E-state index contributed by atoms with van der Waals surface area (Å²) in [5.74, 6) is -0.117. The number of nitrogens with one attached hydrogen (secondary N) is 2. The van der Waals surface area contributed by atoms with Gasteiger partial charge in [0.2, 0.25) is 0 Å². The van der Waals surface area contributed by atoms with Gasteiger partial charge < -0.3 is 5.32 Å². The highest BCUT2D eigenvalue weighted by molar-refractivity contribution is 6.22. The summed E-state index contributed by atoms with van der Waals surface area (Å²) in [6.07, 6.45) is 4.62. The number of rotatable bonds is 3. The number of carbonyl (C=O) groups is 1. The molecular weight excluding hydrogens is 310 g/mol. The molecule has 0 amide bonds. The number of anilines is 2. The fraction of sp³-hybridized carbons (Fsp3) is 0. The number of para-hydroxylation sites is 2. The van der Waals surface area contributed by atoms with Crippen molar-refractivity contribution < 1.29 is 4.79 Å². The molecule has 0 fully saturated rings. The number of hydrogen-bond acceptors (Lipinski definition) is 4. The molecule has 0 atom stereocenters. The van der Waals surface area contributed by atoms with Crippen molar-refractivity contribution in [2.45, 2.75) is 0 Å². The lowest BCUT2D eigenvalue weighted by Crippen LogP contribution is -2.13. The standard InChI is InChI=1S/C21H15N3O/c22-18-10-11-20(25)17-12-14(13-23-21(17)18)16-8-4-5-9-19(16)24-15-6-2-1-3-7-15/h1-13,22,24H. The SMILES string of the molecule is N=C1C=CC(=O)c2cc(-c3ccccc3Nc3ccccc3)cnc21. The third kappa shape index (κ3) is 2.85. The first-order chi connectivity index (χ1) is 12.2. The maximum absolute atomic E-state index is 12.2. The molecule has 0 bridgehead atoms. The number of hydrogen-bond donors (Lipinski definition) is 2. The summed E-state index contributed by atoms with van der Waals surface area (Å²) in [5, 5.41) is 11.3. The Bertz CT molecular complexity index is 1010. The molecule has 2 N–H and O–H groups in total. The minimum Gasteiger partial charge on any atom is -0.355 e. The normalized spacial score (nSPS) is 12.8. The average molecular weight is 325 g/mol. The van der Waals surface area contributed by atoms with Gasteiger partial charge in [-0.1, -0.05) is 36.4 Å². The maximum atomic E-state index is 12.2. The Morgan fingerprint density at radius 3 is 2.48 bits per heavy atom. The van der Waals surface area contributed by atoms with Crippen molar-refractivity contribution in [2.24, 2.45) is 0 Å². The monoisotopic (exact) mass is 325 g/mol. The predicted molar refractivity (Wildman–Crippen MR) is 99.7 cm³/mol. The van der Waals surface area contributed by atoms with E-state index < -0.39 is 0 Å². The number of fused-ring (bicyclic) bond motifs is 1. The number of benzene rings is 2. The first-order valence-corrected chi connectivity index (χ1v) is 7.95. The second kappa shape index (κ2) is 6.17. The summed E-state index contributed by atoms with van der Waals surface area (Å²) in [4.78, 5) is 16.5. The Morgan fingerprint density at radius 2 is 1.64 bits per heavy atom. The Hall–Kier alpha value is -3.53. The van der Waals surface area contributed by atoms with Crippen LogP contribution in [0.1, 0.15) is 16.1 Å². The second-order valence-corrected chi connectivity index (χ2v) is 5.77. The number of nitrogens with zero attached hydrogens (tertiary/aromatic N) is 1. The van der Waals surface area contributed by atoms with Crippen LogP contribution in [0.25, 0.3) is 11.1 Å². The van der Waals surface area contributed by atoms with Gasteiger partial charge >= 0.3 is 0 Å². The molecule has 0 radical (unpaired) electrons. The molecule has 25 heavy (non-hydrogen) atoms. The van der Waals surface area contributed by atoms with E-state index in [1.54, 1.807) is 6.20 Å². The molecule has 4 rings (SSSR count). The Morgan fingerprint density at radius 1 is 0.880 bits per heavy atom. The molecule has 1 aromatic heterocycles. The predicted octanol–water partition coefficient (Wildman–Crippen LogP) is 4.61. The zero-order valence-corrected chi connectivity index (χ0v) is 13.4. The van der Waals surface area contributed by atoms with Gasteiger partial charge in [-0.3, -0.25) is 15.2 Å². The molecular formula is C21H15N3O. The first-order valence-electron chi connectivity index (χ1n) is 7.95. The van der Waals surface area contributed by atoms with Crippen LogP contribution in [0.4, 0.5) is 11.4 Å². The first kappa shape index (κ1) is 15.0. The van der Waals surface area contributed by atoms with Crippen LogP contribution in [-0.2, 0) is 0 Å². The molecule has 4 heteroatoms. The summed E-state index contributed by atoms with van der Waals surface area (Å²) in [5.41, 5.74) is 4.89. The molecule has 0 aliphatic heterocycles. The van der Waals surface area contributed by atoms with Crippen LogP contribution in [0, 0.1) is 5.41 Å². The quantitative estimate of drug-likeness (QED) is 0.739. The summed E-state index contributed by atoms with van der Waals surface area (Å²) in [7, 11) is 0. The van der Waals surface area contributed by atoms with Crippen LogP contribution in [0.3, 0.4) is 0 Å². The van der Waals surface area contributed by atoms with Crippen molar-refractivity contribution in [2.75, 3.05) is 5.32 Å². The van der Waals surface area contributed by atoms with Crippen molar-refractivity contribution in [1.82, 2.24) is 4.98 Å². The number of aromatic nitrogens is 1. The van der Waals surface area contributed by atoms with Crippen LogP contribution in [0.5, 0.6) is 0 Å². The van der Waals surface area contributed by atoms with Gasteiger partial charge in [-0.05, 0) is 36.4 Å². The third-order valence-electron chi connectivity index (χ3n) is 4.10. The number of allylic oxidation sites excluding steroid dienone is 2. The van der Waals surface area contributed by atoms with Gasteiger partial charge in [0.05, 0.1) is 17.0 Å². The molecule has 3 aromatic rings. The summed E-state index contributed by atoms with van der Waals surface area (Å²) < 4.78 is 0.